The highest BCUT2D eigenvalue weighted by molar-refractivity contribution is 7.93. The standard InChI is InChI=1S/C53H59NO10S2/c1-36-31-45(37(2)35-66(56,57)49-54-42-23-13-14-26-46(42)65-49)60-51(32-36)47(58-34-38-17-7-4-8-18-38)28-27-41(59-51)33-50(3)48(55)63-52(29-15-24-43(61-52)39-19-9-5-10-20-39)53(64-50)30-16-25-44(62-53)40-21-11-6-12-22-40/h4-14,17-23,26,32,37,41,43-45,47H,15-16,24-25,27-31,33-35H2,1-3H3/t37-,41+,43-,44+,45+,47-,50-,51-,52+,53+/m1/s1. The molecule has 10 rings (SSSR count). The van der Waals surface area contributed by atoms with Crippen molar-refractivity contribution >= 4 is 37.4 Å². The molecule has 0 amide bonds. The van der Waals surface area contributed by atoms with Gasteiger partial charge in [0.2, 0.25) is 25.8 Å². The van der Waals surface area contributed by atoms with Crippen LogP contribution in [0.1, 0.15) is 114 Å². The molecule has 0 aliphatic carbocycles. The summed E-state index contributed by atoms with van der Waals surface area (Å²) in [5, 5.41) is 0. The van der Waals surface area contributed by atoms with Crippen molar-refractivity contribution in [3.8, 4) is 0 Å². The van der Waals surface area contributed by atoms with Crippen LogP contribution < -0.4 is 0 Å². The number of hydrogen-bond donors (Lipinski definition) is 0. The number of para-hydroxylation sites is 1. The van der Waals surface area contributed by atoms with Gasteiger partial charge in [-0.2, -0.15) is 0 Å². The summed E-state index contributed by atoms with van der Waals surface area (Å²) in [6.45, 7) is 6.04. The fourth-order valence-corrected chi connectivity index (χ4v) is 13.7. The molecule has 0 saturated carbocycles. The van der Waals surface area contributed by atoms with E-state index >= 15 is 0 Å². The fourth-order valence-electron chi connectivity index (χ4n) is 10.8. The molecule has 0 bridgehead atoms. The lowest BCUT2D eigenvalue weighted by Gasteiger charge is -2.59. The normalized spacial score (nSPS) is 33.2. The van der Waals surface area contributed by atoms with Crippen molar-refractivity contribution in [2.45, 2.75) is 149 Å². The van der Waals surface area contributed by atoms with E-state index in [4.69, 9.17) is 33.2 Å². The lowest BCUT2D eigenvalue weighted by Crippen LogP contribution is -2.72. The van der Waals surface area contributed by atoms with Crippen molar-refractivity contribution in [1.82, 2.24) is 4.98 Å². The van der Waals surface area contributed by atoms with Crippen LogP contribution in [0.2, 0.25) is 0 Å². The van der Waals surface area contributed by atoms with Crippen molar-refractivity contribution in [2.24, 2.45) is 5.92 Å². The van der Waals surface area contributed by atoms with Crippen LogP contribution in [0.4, 0.5) is 0 Å². The topological polar surface area (TPSA) is 129 Å². The smallest absolute Gasteiger partial charge is 0.341 e. The third-order valence-corrected chi connectivity index (χ3v) is 17.5. The van der Waals surface area contributed by atoms with Crippen molar-refractivity contribution in [3.63, 3.8) is 0 Å². The minimum Gasteiger partial charge on any atom is -0.425 e. The number of rotatable bonds is 11. The van der Waals surface area contributed by atoms with Crippen LogP contribution >= 0.6 is 11.3 Å². The molecule has 4 saturated heterocycles. The predicted molar refractivity (Wildman–Crippen MR) is 250 cm³/mol. The molecule has 5 aliphatic rings. The molecular weight excluding hydrogens is 875 g/mol. The molecule has 4 fully saturated rings. The third kappa shape index (κ3) is 8.94. The molecule has 66 heavy (non-hydrogen) atoms. The average molecular weight is 934 g/mol. The van der Waals surface area contributed by atoms with Gasteiger partial charge in [-0.15, -0.1) is 11.3 Å². The largest absolute Gasteiger partial charge is 0.425 e. The molecule has 0 N–H and O–H groups in total. The predicted octanol–water partition coefficient (Wildman–Crippen LogP) is 10.9. The van der Waals surface area contributed by atoms with Gasteiger partial charge in [-0.05, 0) is 99.6 Å². The van der Waals surface area contributed by atoms with E-state index in [0.717, 1.165) is 52.6 Å². The van der Waals surface area contributed by atoms with Gasteiger partial charge in [-0.25, -0.2) is 18.2 Å². The Bertz CT molecular complexity index is 2610. The number of hydrogen-bond acceptors (Lipinski definition) is 12. The third-order valence-electron chi connectivity index (χ3n) is 14.0. The van der Waals surface area contributed by atoms with Gasteiger partial charge in [-0.1, -0.05) is 116 Å². The fraction of sp³-hybridized carbons (Fsp3) is 0.472. The first-order valence-electron chi connectivity index (χ1n) is 23.5. The van der Waals surface area contributed by atoms with Crippen LogP contribution in [0.25, 0.3) is 10.2 Å². The van der Waals surface area contributed by atoms with Crippen LogP contribution in [0.3, 0.4) is 0 Å². The first-order valence-corrected chi connectivity index (χ1v) is 26.0. The van der Waals surface area contributed by atoms with Gasteiger partial charge in [-0.3, -0.25) is 0 Å². The molecule has 5 aromatic rings. The van der Waals surface area contributed by atoms with Gasteiger partial charge < -0.3 is 33.2 Å². The highest BCUT2D eigenvalue weighted by Gasteiger charge is 2.69. The molecular formula is C53H59NO10S2. The van der Waals surface area contributed by atoms with E-state index in [9.17, 15) is 13.2 Å². The van der Waals surface area contributed by atoms with E-state index in [-0.39, 0.29) is 28.7 Å². The molecule has 0 radical (unpaired) electrons. The number of nitrogens with zero attached hydrogens (tertiary/aromatic N) is 1. The number of ether oxygens (including phenoxy) is 7. The first kappa shape index (κ1) is 45.5. The Balaban J connectivity index is 0.940. The summed E-state index contributed by atoms with van der Waals surface area (Å²) in [5.41, 5.74) is 3.20. The Morgan fingerprint density at radius 2 is 1.39 bits per heavy atom. The van der Waals surface area contributed by atoms with E-state index in [0.29, 0.717) is 44.2 Å². The number of benzene rings is 4. The van der Waals surface area contributed by atoms with Crippen LogP contribution in [-0.2, 0) is 54.4 Å². The minimum atomic E-state index is -3.76. The maximum absolute atomic E-state index is 14.8. The molecule has 348 valence electrons. The Morgan fingerprint density at radius 1 is 0.773 bits per heavy atom. The Kier molecular flexibility index (Phi) is 12.6. The zero-order chi connectivity index (χ0) is 45.6. The Labute approximate surface area is 391 Å². The number of carbonyl (C=O) groups excluding carboxylic acids is 1. The van der Waals surface area contributed by atoms with Gasteiger partial charge in [0.15, 0.2) is 5.60 Å². The van der Waals surface area contributed by atoms with E-state index in [1.165, 1.54) is 11.3 Å². The van der Waals surface area contributed by atoms with E-state index in [2.05, 4.69) is 17.1 Å². The van der Waals surface area contributed by atoms with E-state index in [1.807, 2.05) is 123 Å². The summed E-state index contributed by atoms with van der Waals surface area (Å²) in [4.78, 5) is 19.3. The second-order valence-electron chi connectivity index (χ2n) is 19.1. The van der Waals surface area contributed by atoms with Gasteiger partial charge >= 0.3 is 5.97 Å². The summed E-state index contributed by atoms with van der Waals surface area (Å²) in [7, 11) is -3.76. The molecule has 5 aliphatic heterocycles. The Hall–Kier alpha value is -4.31. The van der Waals surface area contributed by atoms with Crippen molar-refractivity contribution in [1.29, 1.82) is 0 Å². The van der Waals surface area contributed by atoms with Crippen LogP contribution in [0, 0.1) is 5.92 Å². The molecule has 1 aromatic heterocycles. The second-order valence-corrected chi connectivity index (χ2v) is 22.4. The first-order chi connectivity index (χ1) is 31.9. The lowest BCUT2D eigenvalue weighted by molar-refractivity contribution is -0.474. The van der Waals surface area contributed by atoms with Crippen LogP contribution in [-0.4, -0.2) is 66.4 Å². The molecule has 3 spiro atoms. The number of carbonyl (C=O) groups is 1. The lowest BCUT2D eigenvalue weighted by atomic mass is 9.82. The summed E-state index contributed by atoms with van der Waals surface area (Å²) in [6, 6.07) is 37.6. The molecule has 6 heterocycles. The Morgan fingerprint density at radius 3 is 2.08 bits per heavy atom. The quantitative estimate of drug-likeness (QED) is 0.0927. The maximum atomic E-state index is 14.8. The van der Waals surface area contributed by atoms with Crippen molar-refractivity contribution in [2.75, 3.05) is 5.75 Å². The number of fused-ring (bicyclic) bond motifs is 2. The molecule has 13 heteroatoms. The molecule has 4 aromatic carbocycles. The molecule has 11 nitrogen and oxygen atoms in total. The average Bonchev–Trinajstić information content (AvgIpc) is 3.78. The van der Waals surface area contributed by atoms with Gasteiger partial charge in [0.25, 0.3) is 5.79 Å². The van der Waals surface area contributed by atoms with Gasteiger partial charge in [0.05, 0.1) is 47.0 Å². The van der Waals surface area contributed by atoms with Gasteiger partial charge in [0, 0.05) is 19.3 Å². The molecule has 0 unspecified atom stereocenters. The second kappa shape index (κ2) is 18.3. The SMILES string of the molecule is CC1=C[C@@]2(O[C@H](C[C@@]3(C)O[C@@]4(CCC[C@@H](c5ccccc5)O4)[C@]4(CCC[C@H](c5ccccc5)O4)OC3=O)CC[C@H]2OCc2ccccc2)O[C@H]([C@H](C)CS(=O)(=O)c2nc3ccccc3s2)C1. The number of aromatic nitrogens is 1. The van der Waals surface area contributed by atoms with E-state index < -0.39 is 63.0 Å². The minimum absolute atomic E-state index is 0.102. The highest BCUT2D eigenvalue weighted by Crippen LogP contribution is 2.57. The zero-order valence-corrected chi connectivity index (χ0v) is 39.5. The van der Waals surface area contributed by atoms with Crippen LogP contribution in [0.5, 0.6) is 0 Å². The van der Waals surface area contributed by atoms with Gasteiger partial charge in [0.1, 0.15) is 6.10 Å². The van der Waals surface area contributed by atoms with Crippen molar-refractivity contribution < 1.29 is 46.4 Å². The monoisotopic (exact) mass is 933 g/mol. The number of thiazole rings is 1. The number of sulfone groups is 1. The summed E-state index contributed by atoms with van der Waals surface area (Å²) in [6.07, 6.45) is 5.44. The maximum Gasteiger partial charge on any atom is 0.341 e. The van der Waals surface area contributed by atoms with E-state index in [1.54, 1.807) is 6.92 Å². The summed E-state index contributed by atoms with van der Waals surface area (Å²) in [5.74, 6) is -5.40. The molecule has 10 atom stereocenters. The van der Waals surface area contributed by atoms with Crippen molar-refractivity contribution in [3.05, 3.63) is 144 Å². The van der Waals surface area contributed by atoms with Crippen LogP contribution in [0.15, 0.2) is 131 Å². The summed E-state index contributed by atoms with van der Waals surface area (Å²) < 4.78 is 78.0. The highest BCUT2D eigenvalue weighted by atomic mass is 32.2. The zero-order valence-electron chi connectivity index (χ0n) is 37.8. The number of esters is 1. The summed E-state index contributed by atoms with van der Waals surface area (Å²) >= 11 is 1.19.